The quantitative estimate of drug-likeness (QED) is 0.683. The zero-order chi connectivity index (χ0) is 19.2. The molecular weight excluding hydrogens is 370 g/mol. The largest absolute Gasteiger partial charge is 0.436 e. The Morgan fingerprint density at radius 1 is 1.22 bits per heavy atom. The van der Waals surface area contributed by atoms with Gasteiger partial charge in [-0.15, -0.1) is 5.10 Å². The van der Waals surface area contributed by atoms with Gasteiger partial charge in [0, 0.05) is 25.2 Å². The Labute approximate surface area is 148 Å². The van der Waals surface area contributed by atoms with Crippen molar-refractivity contribution < 1.29 is 22.4 Å². The molecule has 12 heteroatoms. The highest BCUT2D eigenvalue weighted by Gasteiger charge is 2.38. The van der Waals surface area contributed by atoms with Crippen LogP contribution in [0.15, 0.2) is 24.5 Å². The van der Waals surface area contributed by atoms with Crippen molar-refractivity contribution in [2.75, 3.05) is 6.54 Å². The zero-order valence-electron chi connectivity index (χ0n) is 13.5. The Balaban J connectivity index is 1.61. The van der Waals surface area contributed by atoms with Gasteiger partial charge in [0.2, 0.25) is 0 Å². The van der Waals surface area contributed by atoms with Crippen molar-refractivity contribution in [3.63, 3.8) is 0 Å². The number of pyridine rings is 1. The van der Waals surface area contributed by atoms with E-state index in [0.717, 1.165) is 18.0 Å². The molecule has 0 aromatic carbocycles. The fourth-order valence-corrected chi connectivity index (χ4v) is 2.92. The highest BCUT2D eigenvalue weighted by Crippen LogP contribution is 2.31. The summed E-state index contributed by atoms with van der Waals surface area (Å²) in [5.74, 6) is -1.94. The molecule has 0 atom stereocenters. The van der Waals surface area contributed by atoms with Gasteiger partial charge >= 0.3 is 6.18 Å². The maximum absolute atomic E-state index is 14.2. The Morgan fingerprint density at radius 2 is 2.04 bits per heavy atom. The molecule has 0 fully saturated rings. The van der Waals surface area contributed by atoms with E-state index in [9.17, 15) is 22.4 Å². The van der Waals surface area contributed by atoms with Crippen LogP contribution in [0.1, 0.15) is 27.4 Å². The second kappa shape index (κ2) is 6.14. The minimum absolute atomic E-state index is 0.00537. The predicted molar refractivity (Wildman–Crippen MR) is 81.1 cm³/mol. The van der Waals surface area contributed by atoms with Crippen molar-refractivity contribution in [3.8, 4) is 5.82 Å². The molecule has 8 nitrogen and oxygen atoms in total. The van der Waals surface area contributed by atoms with E-state index in [1.54, 1.807) is 16.9 Å². The van der Waals surface area contributed by atoms with Crippen LogP contribution in [0.5, 0.6) is 0 Å². The van der Waals surface area contributed by atoms with Gasteiger partial charge in [-0.1, -0.05) is 5.21 Å². The minimum atomic E-state index is -4.98. The molecule has 0 aliphatic carbocycles. The molecule has 1 N–H and O–H groups in total. The third-order valence-electron chi connectivity index (χ3n) is 4.19. The van der Waals surface area contributed by atoms with Crippen LogP contribution in [-0.2, 0) is 19.1 Å². The highest BCUT2D eigenvalue weighted by atomic mass is 19.4. The van der Waals surface area contributed by atoms with Crippen LogP contribution in [0, 0.1) is 5.82 Å². The average molecular weight is 381 g/mol. The monoisotopic (exact) mass is 381 g/mol. The first kappa shape index (κ1) is 17.1. The lowest BCUT2D eigenvalue weighted by atomic mass is 10.1. The molecule has 27 heavy (non-hydrogen) atoms. The number of carbonyl (C=O) groups is 1. The van der Waals surface area contributed by atoms with Gasteiger partial charge in [0.15, 0.2) is 17.3 Å². The zero-order valence-corrected chi connectivity index (χ0v) is 13.5. The van der Waals surface area contributed by atoms with Crippen molar-refractivity contribution in [1.29, 1.82) is 0 Å². The lowest BCUT2D eigenvalue weighted by Gasteiger charge is -2.26. The van der Waals surface area contributed by atoms with E-state index in [4.69, 9.17) is 0 Å². The fourth-order valence-electron chi connectivity index (χ4n) is 2.92. The van der Waals surface area contributed by atoms with Crippen molar-refractivity contribution in [1.82, 2.24) is 35.1 Å². The van der Waals surface area contributed by atoms with Crippen molar-refractivity contribution in [2.24, 2.45) is 0 Å². The molecule has 0 saturated heterocycles. The van der Waals surface area contributed by atoms with Gasteiger partial charge in [-0.05, 0) is 6.07 Å². The molecule has 0 radical (unpaired) electrons. The fraction of sp³-hybridized carbons (Fsp3) is 0.267. The standard InChI is InChI=1S/C15H11F4N7O/c16-12-8(1-4-20-13(12)15(17,18)19)14(27)25-6-3-10-9(7-25)22-24-26(10)11-2-5-21-23-11/h1-2,4-5H,3,6-7H2,(H,21,23). The summed E-state index contributed by atoms with van der Waals surface area (Å²) in [6.07, 6.45) is -2.32. The molecule has 140 valence electrons. The van der Waals surface area contributed by atoms with Crippen LogP contribution in [0.25, 0.3) is 5.82 Å². The molecule has 4 heterocycles. The van der Waals surface area contributed by atoms with E-state index in [1.165, 1.54) is 4.90 Å². The van der Waals surface area contributed by atoms with E-state index < -0.39 is 29.2 Å². The van der Waals surface area contributed by atoms with Gasteiger partial charge < -0.3 is 4.90 Å². The van der Waals surface area contributed by atoms with E-state index in [1.807, 2.05) is 0 Å². The summed E-state index contributed by atoms with van der Waals surface area (Å²) >= 11 is 0. The number of amides is 1. The van der Waals surface area contributed by atoms with Gasteiger partial charge in [0.25, 0.3) is 5.91 Å². The number of rotatable bonds is 2. The number of nitrogens with zero attached hydrogens (tertiary/aromatic N) is 6. The summed E-state index contributed by atoms with van der Waals surface area (Å²) in [5.41, 5.74) is -1.16. The molecule has 0 unspecified atom stereocenters. The molecular formula is C15H11F4N7O. The summed E-state index contributed by atoms with van der Waals surface area (Å²) in [6.45, 7) is 0.182. The first-order valence-corrected chi connectivity index (χ1v) is 7.80. The van der Waals surface area contributed by atoms with E-state index in [0.29, 0.717) is 17.9 Å². The third kappa shape index (κ3) is 2.92. The van der Waals surface area contributed by atoms with Gasteiger partial charge in [0.1, 0.15) is 5.69 Å². The van der Waals surface area contributed by atoms with Gasteiger partial charge in [-0.3, -0.25) is 9.89 Å². The van der Waals surface area contributed by atoms with Gasteiger partial charge in [-0.25, -0.2) is 9.37 Å². The Kier molecular flexibility index (Phi) is 3.89. The normalized spacial score (nSPS) is 14.3. The summed E-state index contributed by atoms with van der Waals surface area (Å²) in [4.78, 5) is 16.8. The molecule has 0 bridgehead atoms. The third-order valence-corrected chi connectivity index (χ3v) is 4.19. The van der Waals surface area contributed by atoms with Crippen molar-refractivity contribution in [2.45, 2.75) is 19.1 Å². The second-order valence-corrected chi connectivity index (χ2v) is 5.83. The van der Waals surface area contributed by atoms with E-state index in [2.05, 4.69) is 25.5 Å². The number of aromatic amines is 1. The molecule has 1 aliphatic heterocycles. The number of alkyl halides is 3. The maximum atomic E-state index is 14.2. The molecule has 0 spiro atoms. The number of fused-ring (bicyclic) bond motifs is 1. The topological polar surface area (TPSA) is 92.6 Å². The van der Waals surface area contributed by atoms with Crippen LogP contribution >= 0.6 is 0 Å². The minimum Gasteiger partial charge on any atom is -0.332 e. The summed E-state index contributed by atoms with van der Waals surface area (Å²) in [5, 5.41) is 14.6. The first-order chi connectivity index (χ1) is 12.9. The van der Waals surface area contributed by atoms with Crippen LogP contribution in [0.2, 0.25) is 0 Å². The number of hydrogen-bond donors (Lipinski definition) is 1. The van der Waals surface area contributed by atoms with Gasteiger partial charge in [0.05, 0.1) is 24.0 Å². The number of halogens is 4. The number of aromatic nitrogens is 6. The number of carbonyl (C=O) groups excluding carboxylic acids is 1. The molecule has 1 aliphatic rings. The number of nitrogens with one attached hydrogen (secondary N) is 1. The van der Waals surface area contributed by atoms with Crippen LogP contribution in [0.4, 0.5) is 17.6 Å². The molecule has 1 amide bonds. The Hall–Kier alpha value is -3.31. The Bertz CT molecular complexity index is 996. The van der Waals surface area contributed by atoms with Crippen LogP contribution in [-0.4, -0.2) is 47.5 Å². The maximum Gasteiger partial charge on any atom is 0.436 e. The highest BCUT2D eigenvalue weighted by molar-refractivity contribution is 5.94. The lowest BCUT2D eigenvalue weighted by Crippen LogP contribution is -2.37. The SMILES string of the molecule is O=C(c1ccnc(C(F)(F)F)c1F)N1CCc2c(nnn2-c2ccn[nH]2)C1. The van der Waals surface area contributed by atoms with Crippen LogP contribution < -0.4 is 0 Å². The summed E-state index contributed by atoms with van der Waals surface area (Å²) < 4.78 is 54.2. The van der Waals surface area contributed by atoms with E-state index in [-0.39, 0.29) is 13.1 Å². The van der Waals surface area contributed by atoms with E-state index >= 15 is 0 Å². The molecule has 3 aromatic heterocycles. The summed E-state index contributed by atoms with van der Waals surface area (Å²) in [6, 6.07) is 2.63. The van der Waals surface area contributed by atoms with Gasteiger partial charge in [-0.2, -0.15) is 23.0 Å². The average Bonchev–Trinajstić information content (AvgIpc) is 3.29. The number of hydrogen-bond acceptors (Lipinski definition) is 5. The van der Waals surface area contributed by atoms with Crippen molar-refractivity contribution in [3.05, 3.63) is 53.0 Å². The molecule has 0 saturated carbocycles. The molecule has 3 aromatic rings. The molecule has 4 rings (SSSR count). The second-order valence-electron chi connectivity index (χ2n) is 5.83. The van der Waals surface area contributed by atoms with Crippen LogP contribution in [0.3, 0.4) is 0 Å². The lowest BCUT2D eigenvalue weighted by molar-refractivity contribution is -0.143. The van der Waals surface area contributed by atoms with Crippen molar-refractivity contribution >= 4 is 5.91 Å². The summed E-state index contributed by atoms with van der Waals surface area (Å²) in [7, 11) is 0. The predicted octanol–water partition coefficient (Wildman–Crippen LogP) is 1.74. The Morgan fingerprint density at radius 3 is 2.74 bits per heavy atom. The number of H-pyrrole nitrogens is 1. The first-order valence-electron chi connectivity index (χ1n) is 7.80. The smallest absolute Gasteiger partial charge is 0.332 e.